The van der Waals surface area contributed by atoms with E-state index in [1.165, 1.54) is 13.2 Å². The van der Waals surface area contributed by atoms with Crippen molar-refractivity contribution in [2.24, 2.45) is 0 Å². The quantitative estimate of drug-likeness (QED) is 0.520. The molecular formula is C20H17O5. The highest BCUT2D eigenvalue weighted by Gasteiger charge is 2.17. The van der Waals surface area contributed by atoms with Crippen LogP contribution in [-0.4, -0.2) is 24.8 Å². The summed E-state index contributed by atoms with van der Waals surface area (Å²) >= 11 is 0. The average Bonchev–Trinajstić information content (AvgIpc) is 3.00. The van der Waals surface area contributed by atoms with Crippen molar-refractivity contribution in [3.05, 3.63) is 47.5 Å². The number of carbonyl (C=O) groups excluding carboxylic acids is 2. The molecule has 2 aromatic carbocycles. The molecular weight excluding hydrogens is 320 g/mol. The lowest BCUT2D eigenvalue weighted by Crippen LogP contribution is -1.88. The fraction of sp³-hybridized carbons (Fsp3) is 0.200. The largest absolute Gasteiger partial charge is 0.504 e. The molecule has 0 aliphatic rings. The number of aromatic hydroxyl groups is 1. The molecule has 1 radical (unpaired) electrons. The maximum atomic E-state index is 11.7. The molecule has 0 bridgehead atoms. The number of aldehydes is 1. The monoisotopic (exact) mass is 337 g/mol. The Labute approximate surface area is 144 Å². The van der Waals surface area contributed by atoms with Crippen LogP contribution in [0.25, 0.3) is 22.3 Å². The molecule has 0 atom stereocenters. The predicted octanol–water partition coefficient (Wildman–Crippen LogP) is 4.06. The molecule has 3 rings (SSSR count). The number of phenols is 1. The van der Waals surface area contributed by atoms with Crippen LogP contribution in [0.1, 0.15) is 28.8 Å². The summed E-state index contributed by atoms with van der Waals surface area (Å²) in [5.74, 6) is 0.756. The van der Waals surface area contributed by atoms with Gasteiger partial charge in [-0.3, -0.25) is 9.59 Å². The van der Waals surface area contributed by atoms with Crippen LogP contribution in [0.3, 0.4) is 0 Å². The maximum Gasteiger partial charge on any atom is 0.198 e. The van der Waals surface area contributed by atoms with Gasteiger partial charge in [-0.1, -0.05) is 6.07 Å². The van der Waals surface area contributed by atoms with Gasteiger partial charge < -0.3 is 14.3 Å². The van der Waals surface area contributed by atoms with Gasteiger partial charge in [0.25, 0.3) is 0 Å². The van der Waals surface area contributed by atoms with Crippen molar-refractivity contribution in [1.29, 1.82) is 0 Å². The van der Waals surface area contributed by atoms with Gasteiger partial charge in [0.15, 0.2) is 24.1 Å². The van der Waals surface area contributed by atoms with Crippen LogP contribution in [0, 0.1) is 0 Å². The molecule has 0 saturated carbocycles. The summed E-state index contributed by atoms with van der Waals surface area (Å²) in [6.45, 7) is 0. The molecule has 1 heterocycles. The average molecular weight is 337 g/mol. The van der Waals surface area contributed by atoms with Crippen molar-refractivity contribution < 1.29 is 23.8 Å². The number of rotatable bonds is 7. The number of furan rings is 1. The predicted molar refractivity (Wildman–Crippen MR) is 93.9 cm³/mol. The minimum absolute atomic E-state index is 0.0179. The lowest BCUT2D eigenvalue weighted by Gasteiger charge is -2.05. The Morgan fingerprint density at radius 1 is 1.24 bits per heavy atom. The Kier molecular flexibility index (Phi) is 4.84. The molecule has 5 nitrogen and oxygen atoms in total. The van der Waals surface area contributed by atoms with E-state index < -0.39 is 0 Å². The van der Waals surface area contributed by atoms with E-state index in [0.29, 0.717) is 41.1 Å². The molecule has 3 aromatic rings. The number of benzene rings is 2. The van der Waals surface area contributed by atoms with Crippen LogP contribution in [0.15, 0.2) is 40.8 Å². The minimum Gasteiger partial charge on any atom is -0.504 e. The third-order valence-corrected chi connectivity index (χ3v) is 4.09. The first kappa shape index (κ1) is 16.8. The molecule has 127 valence electrons. The zero-order chi connectivity index (χ0) is 17.8. The first-order valence-electron chi connectivity index (χ1n) is 7.91. The fourth-order valence-electron chi connectivity index (χ4n) is 2.83. The summed E-state index contributed by atoms with van der Waals surface area (Å²) in [4.78, 5) is 22.0. The smallest absolute Gasteiger partial charge is 0.198 e. The molecule has 1 N–H and O–H groups in total. The van der Waals surface area contributed by atoms with E-state index in [4.69, 9.17) is 9.15 Å². The molecule has 0 amide bonds. The zero-order valence-corrected chi connectivity index (χ0v) is 13.7. The number of fused-ring (bicyclic) bond motifs is 1. The fourth-order valence-corrected chi connectivity index (χ4v) is 2.83. The van der Waals surface area contributed by atoms with Crippen molar-refractivity contribution in [2.45, 2.75) is 19.3 Å². The van der Waals surface area contributed by atoms with E-state index in [0.717, 1.165) is 23.7 Å². The van der Waals surface area contributed by atoms with Gasteiger partial charge in [0.1, 0.15) is 11.3 Å². The van der Waals surface area contributed by atoms with E-state index in [1.54, 1.807) is 12.1 Å². The van der Waals surface area contributed by atoms with Gasteiger partial charge in [0.2, 0.25) is 0 Å². The number of unbranched alkanes of at least 4 members (excludes halogenated alkanes) is 1. The van der Waals surface area contributed by atoms with E-state index in [-0.39, 0.29) is 5.75 Å². The van der Waals surface area contributed by atoms with Gasteiger partial charge in [0, 0.05) is 17.4 Å². The lowest BCUT2D eigenvalue weighted by atomic mass is 10.0. The molecule has 0 saturated heterocycles. The number of phenolic OH excluding ortho intramolecular Hbond substituents is 1. The Morgan fingerprint density at radius 3 is 2.80 bits per heavy atom. The van der Waals surface area contributed by atoms with Crippen LogP contribution in [0.5, 0.6) is 11.5 Å². The van der Waals surface area contributed by atoms with Crippen LogP contribution >= 0.6 is 0 Å². The number of aryl methyl sites for hydroxylation is 1. The molecule has 25 heavy (non-hydrogen) atoms. The van der Waals surface area contributed by atoms with E-state index >= 15 is 0 Å². The summed E-state index contributed by atoms with van der Waals surface area (Å²) in [6.07, 6.45) is 4.49. The molecule has 0 aliphatic carbocycles. The highest BCUT2D eigenvalue weighted by Crippen LogP contribution is 2.37. The standard InChI is InChI=1S/C20H17O5/c1-24-19-11-14(6-7-17(19)23)20-16(12-22)15-10-13(4-2-3-9-21)5-8-18(15)25-20/h5-8,10-12,23H,2-4H2,1H3. The van der Waals surface area contributed by atoms with Gasteiger partial charge in [-0.25, -0.2) is 0 Å². The summed E-state index contributed by atoms with van der Waals surface area (Å²) in [5.41, 5.74) is 2.73. The van der Waals surface area contributed by atoms with E-state index in [2.05, 4.69) is 0 Å². The second-order valence-corrected chi connectivity index (χ2v) is 5.68. The van der Waals surface area contributed by atoms with Crippen molar-refractivity contribution in [1.82, 2.24) is 0 Å². The normalized spacial score (nSPS) is 10.8. The highest BCUT2D eigenvalue weighted by atomic mass is 16.5. The molecule has 0 fully saturated rings. The van der Waals surface area contributed by atoms with Gasteiger partial charge in [-0.15, -0.1) is 0 Å². The van der Waals surface area contributed by atoms with Crippen molar-refractivity contribution >= 4 is 23.5 Å². The van der Waals surface area contributed by atoms with Gasteiger partial charge in [0.05, 0.1) is 12.7 Å². The highest BCUT2D eigenvalue weighted by molar-refractivity contribution is 6.02. The summed E-state index contributed by atoms with van der Waals surface area (Å²) in [6, 6.07) is 10.5. The summed E-state index contributed by atoms with van der Waals surface area (Å²) in [5, 5.41) is 10.5. The third kappa shape index (κ3) is 3.26. The first-order valence-corrected chi connectivity index (χ1v) is 7.91. The number of hydrogen-bond acceptors (Lipinski definition) is 5. The Hall–Kier alpha value is -3.08. The van der Waals surface area contributed by atoms with Crippen molar-refractivity contribution in [2.75, 3.05) is 7.11 Å². The van der Waals surface area contributed by atoms with Crippen molar-refractivity contribution in [3.8, 4) is 22.8 Å². The SMILES string of the molecule is COc1cc(-c2oc3ccc(CCC[C]=O)cc3c2C=O)ccc1O. The minimum atomic E-state index is 0.0179. The van der Waals surface area contributed by atoms with Gasteiger partial charge in [-0.05, 0) is 48.7 Å². The molecule has 1 aromatic heterocycles. The van der Waals surface area contributed by atoms with E-state index in [1.807, 2.05) is 24.5 Å². The number of hydrogen-bond donors (Lipinski definition) is 1. The molecule has 5 heteroatoms. The number of methoxy groups -OCH3 is 1. The number of ether oxygens (including phenoxy) is 1. The van der Waals surface area contributed by atoms with Crippen LogP contribution in [-0.2, 0) is 11.2 Å². The Balaban J connectivity index is 2.07. The second-order valence-electron chi connectivity index (χ2n) is 5.68. The van der Waals surface area contributed by atoms with Crippen LogP contribution in [0.4, 0.5) is 0 Å². The lowest BCUT2D eigenvalue weighted by molar-refractivity contribution is 0.112. The number of carbonyl (C=O) groups is 1. The van der Waals surface area contributed by atoms with Crippen molar-refractivity contribution in [3.63, 3.8) is 0 Å². The van der Waals surface area contributed by atoms with E-state index in [9.17, 15) is 14.7 Å². The maximum absolute atomic E-state index is 11.7. The van der Waals surface area contributed by atoms with Gasteiger partial charge >= 0.3 is 0 Å². The van der Waals surface area contributed by atoms with Gasteiger partial charge in [-0.2, -0.15) is 0 Å². The Bertz CT molecular complexity index is 923. The zero-order valence-electron chi connectivity index (χ0n) is 13.7. The third-order valence-electron chi connectivity index (χ3n) is 4.09. The Morgan fingerprint density at radius 2 is 2.08 bits per heavy atom. The topological polar surface area (TPSA) is 76.7 Å². The summed E-state index contributed by atoms with van der Waals surface area (Å²) in [7, 11) is 1.46. The molecule has 0 spiro atoms. The second kappa shape index (κ2) is 7.21. The summed E-state index contributed by atoms with van der Waals surface area (Å²) < 4.78 is 11.0. The molecule has 0 aliphatic heterocycles. The van der Waals surface area contributed by atoms with Crippen LogP contribution < -0.4 is 4.74 Å². The molecule has 0 unspecified atom stereocenters. The first-order chi connectivity index (χ1) is 12.2. The van der Waals surface area contributed by atoms with Crippen LogP contribution in [0.2, 0.25) is 0 Å².